The van der Waals surface area contributed by atoms with Gasteiger partial charge in [-0.15, -0.1) is 0 Å². The van der Waals surface area contributed by atoms with Gasteiger partial charge in [0.15, 0.2) is 11.5 Å². The first-order valence-electron chi connectivity index (χ1n) is 9.01. The summed E-state index contributed by atoms with van der Waals surface area (Å²) in [6.45, 7) is 2.91. The quantitative estimate of drug-likeness (QED) is 0.767. The van der Waals surface area contributed by atoms with E-state index in [-0.39, 0.29) is 6.10 Å². The third kappa shape index (κ3) is 3.86. The Hall–Kier alpha value is -2.71. The number of ether oxygens (including phenoxy) is 4. The fourth-order valence-electron chi connectivity index (χ4n) is 3.71. The zero-order valence-electron chi connectivity index (χ0n) is 16.2. The van der Waals surface area contributed by atoms with Crippen molar-refractivity contribution < 1.29 is 18.9 Å². The fourth-order valence-corrected chi connectivity index (χ4v) is 3.71. The zero-order chi connectivity index (χ0) is 19.4. The van der Waals surface area contributed by atoms with E-state index in [9.17, 15) is 0 Å². The van der Waals surface area contributed by atoms with Crippen LogP contribution in [0, 0.1) is 23.2 Å². The second-order valence-corrected chi connectivity index (χ2v) is 6.84. The first-order chi connectivity index (χ1) is 13.1. The Labute approximate surface area is 160 Å². The monoisotopic (exact) mass is 367 g/mol. The molecule has 0 amide bonds. The summed E-state index contributed by atoms with van der Waals surface area (Å²) in [5, 5.41) is 8.94. The lowest BCUT2D eigenvalue weighted by atomic mass is 9.85. The average molecular weight is 367 g/mol. The lowest BCUT2D eigenvalue weighted by Gasteiger charge is -2.21. The van der Waals surface area contributed by atoms with Gasteiger partial charge in [-0.05, 0) is 53.6 Å². The second kappa shape index (κ2) is 8.32. The van der Waals surface area contributed by atoms with Crippen molar-refractivity contribution in [3.8, 4) is 23.3 Å². The molecule has 142 valence electrons. The Bertz CT molecular complexity index is 800. The first-order valence-corrected chi connectivity index (χ1v) is 9.01. The number of hydrogen-bond acceptors (Lipinski definition) is 5. The normalized spacial score (nSPS) is 21.5. The lowest BCUT2D eigenvalue weighted by Crippen LogP contribution is -2.14. The summed E-state index contributed by atoms with van der Waals surface area (Å²) in [6.07, 6.45) is 0.899. The SMILES string of the molecule is COc1cc([C@H]2OC[C@H](Cc3ccc(C#N)cc3)[C@@H]2C)cc(OC)c1OC. The minimum Gasteiger partial charge on any atom is -0.493 e. The highest BCUT2D eigenvalue weighted by Crippen LogP contribution is 2.45. The van der Waals surface area contributed by atoms with Crippen LogP contribution in [0.3, 0.4) is 0 Å². The fraction of sp³-hybridized carbons (Fsp3) is 0.409. The van der Waals surface area contributed by atoms with Crippen LogP contribution in [0.4, 0.5) is 0 Å². The summed E-state index contributed by atoms with van der Waals surface area (Å²) in [4.78, 5) is 0. The summed E-state index contributed by atoms with van der Waals surface area (Å²) in [5.74, 6) is 2.60. The molecule has 0 spiro atoms. The van der Waals surface area contributed by atoms with Crippen molar-refractivity contribution in [2.75, 3.05) is 27.9 Å². The molecule has 1 aliphatic heterocycles. The molecule has 5 nitrogen and oxygen atoms in total. The van der Waals surface area contributed by atoms with Gasteiger partial charge in [0.05, 0.1) is 45.7 Å². The van der Waals surface area contributed by atoms with Crippen LogP contribution in [0.5, 0.6) is 17.2 Å². The predicted molar refractivity (Wildman–Crippen MR) is 102 cm³/mol. The molecular formula is C22H25NO4. The Morgan fingerprint density at radius 3 is 2.19 bits per heavy atom. The van der Waals surface area contributed by atoms with Crippen molar-refractivity contribution >= 4 is 0 Å². The van der Waals surface area contributed by atoms with Gasteiger partial charge in [0, 0.05) is 0 Å². The second-order valence-electron chi connectivity index (χ2n) is 6.84. The molecule has 0 radical (unpaired) electrons. The Morgan fingerprint density at radius 1 is 1.04 bits per heavy atom. The number of hydrogen-bond donors (Lipinski definition) is 0. The molecule has 1 fully saturated rings. The van der Waals surface area contributed by atoms with Crippen LogP contribution in [0.25, 0.3) is 0 Å². The molecule has 1 saturated heterocycles. The van der Waals surface area contributed by atoms with E-state index >= 15 is 0 Å². The molecule has 3 atom stereocenters. The van der Waals surface area contributed by atoms with Gasteiger partial charge >= 0.3 is 0 Å². The van der Waals surface area contributed by atoms with Gasteiger partial charge in [0.2, 0.25) is 5.75 Å². The molecule has 0 N–H and O–H groups in total. The van der Waals surface area contributed by atoms with Gasteiger partial charge in [-0.1, -0.05) is 19.1 Å². The van der Waals surface area contributed by atoms with E-state index in [4.69, 9.17) is 24.2 Å². The third-order valence-corrected chi connectivity index (χ3v) is 5.31. The number of nitriles is 1. The van der Waals surface area contributed by atoms with E-state index in [1.807, 2.05) is 36.4 Å². The van der Waals surface area contributed by atoms with Gasteiger partial charge in [-0.2, -0.15) is 5.26 Å². The van der Waals surface area contributed by atoms with E-state index in [2.05, 4.69) is 13.0 Å². The molecule has 3 rings (SSSR count). The summed E-state index contributed by atoms with van der Waals surface area (Å²) >= 11 is 0. The van der Waals surface area contributed by atoms with Gasteiger partial charge in [-0.25, -0.2) is 0 Å². The largest absolute Gasteiger partial charge is 0.493 e. The minimum atomic E-state index is -0.0258. The number of rotatable bonds is 6. The molecule has 0 aliphatic carbocycles. The number of benzene rings is 2. The van der Waals surface area contributed by atoms with E-state index in [1.54, 1.807) is 21.3 Å². The van der Waals surface area contributed by atoms with E-state index in [0.29, 0.717) is 41.3 Å². The van der Waals surface area contributed by atoms with Crippen LogP contribution >= 0.6 is 0 Å². The smallest absolute Gasteiger partial charge is 0.203 e. The molecule has 2 aromatic rings. The van der Waals surface area contributed by atoms with Crippen LogP contribution in [0.15, 0.2) is 36.4 Å². The maximum absolute atomic E-state index is 8.94. The standard InChI is InChI=1S/C22H25NO4/c1-14-18(9-15-5-7-16(12-23)8-6-15)13-27-21(14)17-10-19(24-2)22(26-4)20(11-17)25-3/h5-8,10-11,14,18,21H,9,13H2,1-4H3/t14-,18-,21-/m0/s1. The van der Waals surface area contributed by atoms with Gasteiger partial charge in [0.25, 0.3) is 0 Å². The van der Waals surface area contributed by atoms with Crippen molar-refractivity contribution in [3.05, 3.63) is 53.1 Å². The topological polar surface area (TPSA) is 60.7 Å². The highest BCUT2D eigenvalue weighted by atomic mass is 16.5. The predicted octanol–water partition coefficient (Wildman–Crippen LogP) is 4.15. The van der Waals surface area contributed by atoms with Crippen molar-refractivity contribution in [2.24, 2.45) is 11.8 Å². The summed E-state index contributed by atoms with van der Waals surface area (Å²) < 4.78 is 22.5. The van der Waals surface area contributed by atoms with Crippen LogP contribution in [-0.2, 0) is 11.2 Å². The van der Waals surface area contributed by atoms with Crippen molar-refractivity contribution in [1.29, 1.82) is 5.26 Å². The first kappa shape index (κ1) is 19.1. The average Bonchev–Trinajstić information content (AvgIpc) is 3.07. The van der Waals surface area contributed by atoms with E-state index in [0.717, 1.165) is 12.0 Å². The molecule has 1 aliphatic rings. The minimum absolute atomic E-state index is 0.0258. The zero-order valence-corrected chi connectivity index (χ0v) is 16.2. The van der Waals surface area contributed by atoms with Gasteiger partial charge in [0.1, 0.15) is 0 Å². The van der Waals surface area contributed by atoms with Crippen LogP contribution < -0.4 is 14.2 Å². The Kier molecular flexibility index (Phi) is 5.88. The summed E-state index contributed by atoms with van der Waals surface area (Å²) in [7, 11) is 4.84. The Morgan fingerprint density at radius 2 is 1.67 bits per heavy atom. The molecule has 0 unspecified atom stereocenters. The molecular weight excluding hydrogens is 342 g/mol. The summed E-state index contributed by atoms with van der Waals surface area (Å²) in [6, 6.07) is 13.9. The Balaban J connectivity index is 1.79. The molecule has 27 heavy (non-hydrogen) atoms. The number of methoxy groups -OCH3 is 3. The molecule has 0 bridgehead atoms. The molecule has 0 saturated carbocycles. The lowest BCUT2D eigenvalue weighted by molar-refractivity contribution is 0.0929. The van der Waals surface area contributed by atoms with Crippen molar-refractivity contribution in [1.82, 2.24) is 0 Å². The van der Waals surface area contributed by atoms with Crippen LogP contribution in [0.1, 0.15) is 29.7 Å². The van der Waals surface area contributed by atoms with Gasteiger partial charge < -0.3 is 18.9 Å². The van der Waals surface area contributed by atoms with Crippen LogP contribution in [-0.4, -0.2) is 27.9 Å². The molecule has 0 aromatic heterocycles. The third-order valence-electron chi connectivity index (χ3n) is 5.31. The molecule has 5 heteroatoms. The van der Waals surface area contributed by atoms with Crippen LogP contribution in [0.2, 0.25) is 0 Å². The van der Waals surface area contributed by atoms with E-state index in [1.165, 1.54) is 5.56 Å². The highest BCUT2D eigenvalue weighted by Gasteiger charge is 2.35. The summed E-state index contributed by atoms with van der Waals surface area (Å²) in [5.41, 5.74) is 2.93. The van der Waals surface area contributed by atoms with E-state index < -0.39 is 0 Å². The van der Waals surface area contributed by atoms with Gasteiger partial charge in [-0.3, -0.25) is 0 Å². The van der Waals surface area contributed by atoms with Crippen molar-refractivity contribution in [2.45, 2.75) is 19.4 Å². The van der Waals surface area contributed by atoms with Crippen molar-refractivity contribution in [3.63, 3.8) is 0 Å². The highest BCUT2D eigenvalue weighted by molar-refractivity contribution is 5.54. The number of nitrogens with zero attached hydrogens (tertiary/aromatic N) is 1. The maximum Gasteiger partial charge on any atom is 0.203 e. The molecule has 2 aromatic carbocycles. The molecule has 1 heterocycles. The maximum atomic E-state index is 8.94.